The molecule has 1 aromatic heterocycles. The van der Waals surface area contributed by atoms with Gasteiger partial charge in [0.25, 0.3) is 0 Å². The van der Waals surface area contributed by atoms with Crippen molar-refractivity contribution in [2.24, 2.45) is 0 Å². The quantitative estimate of drug-likeness (QED) is 0.589. The van der Waals surface area contributed by atoms with Crippen molar-refractivity contribution >= 4 is 29.2 Å². The van der Waals surface area contributed by atoms with Crippen LogP contribution in [0.3, 0.4) is 0 Å². The molecule has 2 aromatic rings. The van der Waals surface area contributed by atoms with Gasteiger partial charge in [0.05, 0.1) is 15.7 Å². The van der Waals surface area contributed by atoms with Crippen LogP contribution in [0.15, 0.2) is 29.8 Å². The molecule has 0 aliphatic heterocycles. The summed E-state index contributed by atoms with van der Waals surface area (Å²) in [4.78, 5) is 4.14. The van der Waals surface area contributed by atoms with Crippen LogP contribution in [0.5, 0.6) is 0 Å². The summed E-state index contributed by atoms with van der Waals surface area (Å²) < 4.78 is 1.26. The van der Waals surface area contributed by atoms with E-state index in [1.54, 1.807) is 11.3 Å². The fourth-order valence-corrected chi connectivity index (χ4v) is 1.48. The predicted octanol–water partition coefficient (Wildman–Crippen LogP) is 0.802. The van der Waals surface area contributed by atoms with Crippen molar-refractivity contribution < 1.29 is 10.0 Å². The smallest absolute Gasteiger partial charge is 0.429 e. The number of hydrogen-bond acceptors (Lipinski definition) is 4. The summed E-state index contributed by atoms with van der Waals surface area (Å²) in [5.41, 5.74) is 2.97. The van der Waals surface area contributed by atoms with Crippen LogP contribution in [-0.4, -0.2) is 22.7 Å². The molecule has 0 saturated carbocycles. The second-order valence-corrected chi connectivity index (χ2v) is 2.82. The van der Waals surface area contributed by atoms with Crippen molar-refractivity contribution in [3.8, 4) is 0 Å². The maximum Gasteiger partial charge on any atom is 0.482 e. The number of rotatable bonds is 0. The Balaban J connectivity index is 0.000000213. The lowest BCUT2D eigenvalue weighted by atomic mass is 10.3. The van der Waals surface area contributed by atoms with Gasteiger partial charge in [-0.2, -0.15) is 0 Å². The van der Waals surface area contributed by atoms with Crippen LogP contribution in [-0.2, 0) is 0 Å². The Kier molecular flexibility index (Phi) is 3.73. The van der Waals surface area contributed by atoms with Gasteiger partial charge < -0.3 is 10.0 Å². The van der Waals surface area contributed by atoms with Gasteiger partial charge in [-0.3, -0.25) is 0 Å². The molecular formula is C7H7BNO2S. The molecule has 0 saturated heterocycles. The molecule has 0 aliphatic rings. The molecule has 1 aromatic carbocycles. The molecule has 3 nitrogen and oxygen atoms in total. The van der Waals surface area contributed by atoms with Crippen LogP contribution in [0.1, 0.15) is 0 Å². The van der Waals surface area contributed by atoms with E-state index in [2.05, 4.69) is 11.1 Å². The van der Waals surface area contributed by atoms with Gasteiger partial charge >= 0.3 is 7.69 Å². The second-order valence-electron chi connectivity index (χ2n) is 1.94. The molecule has 0 amide bonds. The number of aromatic nitrogens is 1. The highest BCUT2D eigenvalue weighted by atomic mass is 32.1. The molecule has 0 unspecified atom stereocenters. The first-order valence-corrected chi connectivity index (χ1v) is 4.15. The van der Waals surface area contributed by atoms with Crippen molar-refractivity contribution in [2.45, 2.75) is 0 Å². The van der Waals surface area contributed by atoms with Crippen LogP contribution in [0.25, 0.3) is 10.2 Å². The Morgan fingerprint density at radius 3 is 2.58 bits per heavy atom. The molecular weight excluding hydrogens is 173 g/mol. The van der Waals surface area contributed by atoms with E-state index < -0.39 is 0 Å². The minimum absolute atomic E-state index is 0. The van der Waals surface area contributed by atoms with Gasteiger partial charge in [0.1, 0.15) is 0 Å². The van der Waals surface area contributed by atoms with Crippen molar-refractivity contribution in [3.05, 3.63) is 29.8 Å². The minimum atomic E-state index is 0. The van der Waals surface area contributed by atoms with Crippen LogP contribution < -0.4 is 0 Å². The molecule has 2 N–H and O–H groups in total. The summed E-state index contributed by atoms with van der Waals surface area (Å²) in [6, 6.07) is 8.13. The molecule has 61 valence electrons. The number of hydrogen-bond donors (Lipinski definition) is 2. The van der Waals surface area contributed by atoms with Gasteiger partial charge in [-0.05, 0) is 12.1 Å². The zero-order chi connectivity index (χ0) is 8.81. The first kappa shape index (κ1) is 9.19. The summed E-state index contributed by atoms with van der Waals surface area (Å²) >= 11 is 1.68. The monoisotopic (exact) mass is 180 g/mol. The first-order chi connectivity index (χ1) is 5.88. The van der Waals surface area contributed by atoms with E-state index in [1.165, 1.54) is 4.70 Å². The van der Waals surface area contributed by atoms with Gasteiger partial charge in [0.15, 0.2) is 0 Å². The zero-order valence-electron chi connectivity index (χ0n) is 6.21. The number of thiazole rings is 1. The number of nitrogens with zero attached hydrogens (tertiary/aromatic N) is 1. The fraction of sp³-hybridized carbons (Fsp3) is 0. The standard InChI is InChI=1S/C7H5NS.BH2O2/c1-2-4-7-6(3-1)8-5-9-7;2-1-3/h1-5H;2-3H. The Labute approximate surface area is 74.6 Å². The highest BCUT2D eigenvalue weighted by Crippen LogP contribution is 2.15. The van der Waals surface area contributed by atoms with Gasteiger partial charge in [-0.1, -0.05) is 12.1 Å². The highest BCUT2D eigenvalue weighted by Gasteiger charge is 1.89. The Hall–Kier alpha value is -0.905. The van der Waals surface area contributed by atoms with E-state index in [-0.39, 0.29) is 7.69 Å². The average Bonchev–Trinajstić information content (AvgIpc) is 2.52. The molecule has 12 heavy (non-hydrogen) atoms. The van der Waals surface area contributed by atoms with Gasteiger partial charge in [0, 0.05) is 0 Å². The van der Waals surface area contributed by atoms with Crippen LogP contribution >= 0.6 is 11.3 Å². The van der Waals surface area contributed by atoms with E-state index in [0.29, 0.717) is 0 Å². The van der Waals surface area contributed by atoms with Crippen LogP contribution in [0, 0.1) is 0 Å². The normalized spacial score (nSPS) is 8.83. The van der Waals surface area contributed by atoms with Crippen LogP contribution in [0.4, 0.5) is 0 Å². The predicted molar refractivity (Wildman–Crippen MR) is 49.8 cm³/mol. The Morgan fingerprint density at radius 1 is 1.25 bits per heavy atom. The third-order valence-corrected chi connectivity index (χ3v) is 2.05. The first-order valence-electron chi connectivity index (χ1n) is 3.27. The zero-order valence-corrected chi connectivity index (χ0v) is 7.03. The fourth-order valence-electron chi connectivity index (χ4n) is 0.803. The highest BCUT2D eigenvalue weighted by molar-refractivity contribution is 7.16. The molecule has 2 rings (SSSR count). The van der Waals surface area contributed by atoms with E-state index in [1.807, 2.05) is 23.7 Å². The summed E-state index contributed by atoms with van der Waals surface area (Å²) in [7, 11) is 0. The lowest BCUT2D eigenvalue weighted by Crippen LogP contribution is -1.75. The summed E-state index contributed by atoms with van der Waals surface area (Å²) in [5, 5.41) is 14.0. The van der Waals surface area contributed by atoms with Gasteiger partial charge in [-0.15, -0.1) is 11.3 Å². The second kappa shape index (κ2) is 4.87. The van der Waals surface area contributed by atoms with E-state index in [0.717, 1.165) is 5.52 Å². The molecule has 1 heterocycles. The van der Waals surface area contributed by atoms with E-state index in [4.69, 9.17) is 10.0 Å². The van der Waals surface area contributed by atoms with Crippen molar-refractivity contribution in [3.63, 3.8) is 0 Å². The minimum Gasteiger partial charge on any atom is -0.429 e. The average molecular weight is 180 g/mol. The lowest BCUT2D eigenvalue weighted by molar-refractivity contribution is 0.448. The maximum atomic E-state index is 7.00. The number of para-hydroxylation sites is 1. The van der Waals surface area contributed by atoms with Crippen molar-refractivity contribution in [1.82, 2.24) is 4.98 Å². The topological polar surface area (TPSA) is 53.4 Å². The molecule has 5 heteroatoms. The van der Waals surface area contributed by atoms with Crippen LogP contribution in [0.2, 0.25) is 0 Å². The molecule has 0 bridgehead atoms. The summed E-state index contributed by atoms with van der Waals surface area (Å²) in [6.07, 6.45) is 0. The summed E-state index contributed by atoms with van der Waals surface area (Å²) in [6.45, 7) is 0. The molecule has 1 radical (unpaired) electrons. The number of fused-ring (bicyclic) bond motifs is 1. The third-order valence-electron chi connectivity index (χ3n) is 1.24. The largest absolute Gasteiger partial charge is 0.482 e. The number of benzene rings is 1. The molecule has 0 atom stereocenters. The lowest BCUT2D eigenvalue weighted by Gasteiger charge is -1.80. The van der Waals surface area contributed by atoms with Crippen molar-refractivity contribution in [1.29, 1.82) is 0 Å². The van der Waals surface area contributed by atoms with Gasteiger partial charge in [0.2, 0.25) is 0 Å². The Morgan fingerprint density at radius 2 is 1.92 bits per heavy atom. The summed E-state index contributed by atoms with van der Waals surface area (Å²) in [5.74, 6) is 0. The SMILES string of the molecule is O[B]O.c1ccc2scnc2c1. The van der Waals surface area contributed by atoms with E-state index >= 15 is 0 Å². The van der Waals surface area contributed by atoms with E-state index in [9.17, 15) is 0 Å². The molecule has 0 spiro atoms. The van der Waals surface area contributed by atoms with Crippen molar-refractivity contribution in [2.75, 3.05) is 0 Å². The van der Waals surface area contributed by atoms with Gasteiger partial charge in [-0.25, -0.2) is 4.98 Å². The molecule has 0 aliphatic carbocycles. The maximum absolute atomic E-state index is 7.00. The third kappa shape index (κ3) is 2.30. The molecule has 0 fully saturated rings. The Bertz CT molecular complexity index is 308.